The summed E-state index contributed by atoms with van der Waals surface area (Å²) in [6, 6.07) is 5.34. The lowest BCUT2D eigenvalue weighted by atomic mass is 10.2. The molecular weight excluding hydrogens is 262 g/mol. The van der Waals surface area contributed by atoms with Gasteiger partial charge in [-0.1, -0.05) is 0 Å². The molecule has 0 unspecified atom stereocenters. The van der Waals surface area contributed by atoms with Crippen molar-refractivity contribution < 1.29 is 19.5 Å². The van der Waals surface area contributed by atoms with E-state index in [4.69, 9.17) is 5.11 Å². The van der Waals surface area contributed by atoms with E-state index in [1.54, 1.807) is 14.1 Å². The van der Waals surface area contributed by atoms with E-state index in [1.807, 2.05) is 0 Å². The van der Waals surface area contributed by atoms with E-state index >= 15 is 0 Å². The van der Waals surface area contributed by atoms with Crippen molar-refractivity contribution in [1.82, 2.24) is 10.2 Å². The number of carboxylic acids is 1. The van der Waals surface area contributed by atoms with Crippen molar-refractivity contribution >= 4 is 23.6 Å². The summed E-state index contributed by atoms with van der Waals surface area (Å²) in [4.78, 5) is 34.9. The molecule has 1 aromatic carbocycles. The van der Waals surface area contributed by atoms with Crippen LogP contribution in [0.15, 0.2) is 24.3 Å². The predicted molar refractivity (Wildman–Crippen MR) is 73.7 cm³/mol. The number of hydrogen-bond acceptors (Lipinski definition) is 3. The Morgan fingerprint density at radius 3 is 2.25 bits per heavy atom. The standard InChI is InChI=1S/C13H17N3O4/c1-16(2)11(17)7-8-14-13(20)15-10-5-3-9(4-6-10)12(18)19/h3-6H,7-8H2,1-2H3,(H,18,19)(H2,14,15,20). The highest BCUT2D eigenvalue weighted by Gasteiger charge is 2.06. The van der Waals surface area contributed by atoms with E-state index in [9.17, 15) is 14.4 Å². The van der Waals surface area contributed by atoms with Crippen molar-refractivity contribution in [3.63, 3.8) is 0 Å². The third-order valence-corrected chi connectivity index (χ3v) is 2.51. The maximum absolute atomic E-state index is 11.5. The number of amides is 3. The fourth-order valence-corrected chi connectivity index (χ4v) is 1.38. The molecule has 3 N–H and O–H groups in total. The maximum Gasteiger partial charge on any atom is 0.335 e. The van der Waals surface area contributed by atoms with Gasteiger partial charge in [0.15, 0.2) is 0 Å². The minimum absolute atomic E-state index is 0.0730. The van der Waals surface area contributed by atoms with Crippen molar-refractivity contribution in [3.8, 4) is 0 Å². The molecule has 0 atom stereocenters. The Hall–Kier alpha value is -2.57. The van der Waals surface area contributed by atoms with Crippen LogP contribution in [0.2, 0.25) is 0 Å². The fourth-order valence-electron chi connectivity index (χ4n) is 1.38. The van der Waals surface area contributed by atoms with Crippen LogP contribution in [-0.4, -0.2) is 48.6 Å². The number of anilines is 1. The van der Waals surface area contributed by atoms with Gasteiger partial charge in [0.25, 0.3) is 0 Å². The number of urea groups is 1. The summed E-state index contributed by atoms with van der Waals surface area (Å²) < 4.78 is 0. The number of hydrogen-bond donors (Lipinski definition) is 3. The lowest BCUT2D eigenvalue weighted by molar-refractivity contribution is -0.128. The van der Waals surface area contributed by atoms with E-state index < -0.39 is 12.0 Å². The molecular formula is C13H17N3O4. The van der Waals surface area contributed by atoms with Gasteiger partial charge in [0.2, 0.25) is 5.91 Å². The number of rotatable bonds is 5. The number of aromatic carboxylic acids is 1. The number of nitrogens with one attached hydrogen (secondary N) is 2. The van der Waals surface area contributed by atoms with Gasteiger partial charge in [-0.15, -0.1) is 0 Å². The summed E-state index contributed by atoms with van der Waals surface area (Å²) in [5.41, 5.74) is 0.624. The molecule has 20 heavy (non-hydrogen) atoms. The number of carbonyl (C=O) groups excluding carboxylic acids is 2. The molecule has 0 aromatic heterocycles. The van der Waals surface area contributed by atoms with Crippen LogP contribution in [0.5, 0.6) is 0 Å². The molecule has 1 rings (SSSR count). The summed E-state index contributed by atoms with van der Waals surface area (Å²) in [5.74, 6) is -1.10. The van der Waals surface area contributed by atoms with Crippen LogP contribution in [-0.2, 0) is 4.79 Å². The van der Waals surface area contributed by atoms with Crippen LogP contribution >= 0.6 is 0 Å². The fraction of sp³-hybridized carbons (Fsp3) is 0.308. The summed E-state index contributed by atoms with van der Waals surface area (Å²) in [5, 5.41) is 13.8. The zero-order valence-corrected chi connectivity index (χ0v) is 11.3. The highest BCUT2D eigenvalue weighted by atomic mass is 16.4. The van der Waals surface area contributed by atoms with Gasteiger partial charge in [-0.2, -0.15) is 0 Å². The maximum atomic E-state index is 11.5. The van der Waals surface area contributed by atoms with Gasteiger partial charge in [-0.05, 0) is 24.3 Å². The highest BCUT2D eigenvalue weighted by Crippen LogP contribution is 2.09. The quantitative estimate of drug-likeness (QED) is 0.748. The minimum atomic E-state index is -1.02. The first-order valence-corrected chi connectivity index (χ1v) is 5.98. The van der Waals surface area contributed by atoms with Crippen molar-refractivity contribution in [2.45, 2.75) is 6.42 Å². The molecule has 0 fully saturated rings. The van der Waals surface area contributed by atoms with Crippen LogP contribution in [0.4, 0.5) is 10.5 Å². The van der Waals surface area contributed by atoms with Crippen molar-refractivity contribution in [1.29, 1.82) is 0 Å². The van der Waals surface area contributed by atoms with Gasteiger partial charge >= 0.3 is 12.0 Å². The first kappa shape index (κ1) is 15.5. The van der Waals surface area contributed by atoms with Crippen LogP contribution in [0.1, 0.15) is 16.8 Å². The molecule has 0 aliphatic carbocycles. The highest BCUT2D eigenvalue weighted by molar-refractivity contribution is 5.91. The molecule has 3 amide bonds. The van der Waals surface area contributed by atoms with Crippen molar-refractivity contribution in [2.75, 3.05) is 26.0 Å². The Balaban J connectivity index is 2.39. The van der Waals surface area contributed by atoms with E-state index in [0.717, 1.165) is 0 Å². The summed E-state index contributed by atoms with van der Waals surface area (Å²) in [6.07, 6.45) is 0.221. The van der Waals surface area contributed by atoms with Crippen molar-refractivity contribution in [3.05, 3.63) is 29.8 Å². The molecule has 108 valence electrons. The molecule has 1 aromatic rings. The zero-order chi connectivity index (χ0) is 15.1. The Kier molecular flexibility index (Phi) is 5.52. The molecule has 0 saturated heterocycles. The van der Waals surface area contributed by atoms with Crippen LogP contribution in [0.3, 0.4) is 0 Å². The summed E-state index contributed by atoms with van der Waals surface area (Å²) in [6.45, 7) is 0.232. The van der Waals surface area contributed by atoms with Gasteiger partial charge in [-0.3, -0.25) is 4.79 Å². The first-order chi connectivity index (χ1) is 9.40. The number of benzene rings is 1. The minimum Gasteiger partial charge on any atom is -0.478 e. The Labute approximate surface area is 116 Å². The van der Waals surface area contributed by atoms with E-state index in [-0.39, 0.29) is 24.4 Å². The van der Waals surface area contributed by atoms with Crippen LogP contribution in [0, 0.1) is 0 Å². The third kappa shape index (κ3) is 4.97. The van der Waals surface area contributed by atoms with Crippen LogP contribution < -0.4 is 10.6 Å². The van der Waals surface area contributed by atoms with E-state index in [0.29, 0.717) is 5.69 Å². The second-order valence-electron chi connectivity index (χ2n) is 4.30. The first-order valence-electron chi connectivity index (χ1n) is 5.98. The van der Waals surface area contributed by atoms with Gasteiger partial charge in [0.1, 0.15) is 0 Å². The average Bonchev–Trinajstić information content (AvgIpc) is 2.39. The molecule has 0 radical (unpaired) electrons. The van der Waals surface area contributed by atoms with Gasteiger partial charge in [0.05, 0.1) is 5.56 Å². The third-order valence-electron chi connectivity index (χ3n) is 2.51. The molecule has 0 heterocycles. The molecule has 0 bridgehead atoms. The second-order valence-corrected chi connectivity index (χ2v) is 4.30. The van der Waals surface area contributed by atoms with E-state index in [2.05, 4.69) is 10.6 Å². The molecule has 0 aliphatic heterocycles. The SMILES string of the molecule is CN(C)C(=O)CCNC(=O)Nc1ccc(C(=O)O)cc1. The average molecular weight is 279 g/mol. The molecule has 0 saturated carbocycles. The topological polar surface area (TPSA) is 98.7 Å². The molecule has 7 heteroatoms. The Morgan fingerprint density at radius 1 is 1.15 bits per heavy atom. The van der Waals surface area contributed by atoms with Crippen LogP contribution in [0.25, 0.3) is 0 Å². The molecule has 7 nitrogen and oxygen atoms in total. The summed E-state index contributed by atoms with van der Waals surface area (Å²) >= 11 is 0. The largest absolute Gasteiger partial charge is 0.478 e. The molecule has 0 aliphatic rings. The number of carboxylic acid groups (broad SMARTS) is 1. The van der Waals surface area contributed by atoms with Crippen molar-refractivity contribution in [2.24, 2.45) is 0 Å². The lowest BCUT2D eigenvalue weighted by Gasteiger charge is -2.11. The second kappa shape index (κ2) is 7.13. The van der Waals surface area contributed by atoms with Gasteiger partial charge in [-0.25, -0.2) is 9.59 Å². The normalized spacial score (nSPS) is 9.70. The Morgan fingerprint density at radius 2 is 1.75 bits per heavy atom. The van der Waals surface area contributed by atoms with Gasteiger partial charge < -0.3 is 20.6 Å². The number of carbonyl (C=O) groups is 3. The zero-order valence-electron chi connectivity index (χ0n) is 11.3. The van der Waals surface area contributed by atoms with E-state index in [1.165, 1.54) is 29.2 Å². The monoisotopic (exact) mass is 279 g/mol. The summed E-state index contributed by atoms with van der Waals surface area (Å²) in [7, 11) is 3.29. The smallest absolute Gasteiger partial charge is 0.335 e. The number of nitrogens with zero attached hydrogens (tertiary/aromatic N) is 1. The predicted octanol–water partition coefficient (Wildman–Crippen LogP) is 0.985. The van der Waals surface area contributed by atoms with Gasteiger partial charge in [0, 0.05) is 32.7 Å². The molecule has 0 spiro atoms. The lowest BCUT2D eigenvalue weighted by Crippen LogP contribution is -2.33. The Bertz CT molecular complexity index is 497.